The third-order valence-electron chi connectivity index (χ3n) is 6.67. The van der Waals surface area contributed by atoms with Crippen LogP contribution in [0.1, 0.15) is 40.7 Å². The van der Waals surface area contributed by atoms with Crippen LogP contribution >= 0.6 is 0 Å². The molecule has 5 rings (SSSR count). The standard InChI is InChI=1S/C23H20F3N3O3/c24-23(25,26)15-6-4-13(5-7-15)11-29-12-27-17-3-1-2-16(19(17)29)20(30)28-18-10-22(18)8-14(9-22)21(31)32/h1-7,12,14,18H,8-11H2,(H,28,30)(H,31,32). The Morgan fingerprint density at radius 2 is 1.84 bits per heavy atom. The Morgan fingerprint density at radius 1 is 1.12 bits per heavy atom. The van der Waals surface area contributed by atoms with Crippen molar-refractivity contribution in [3.63, 3.8) is 0 Å². The second-order valence-corrected chi connectivity index (χ2v) is 8.78. The van der Waals surface area contributed by atoms with E-state index in [9.17, 15) is 22.8 Å². The van der Waals surface area contributed by atoms with Crippen molar-refractivity contribution in [2.24, 2.45) is 11.3 Å². The molecule has 9 heteroatoms. The van der Waals surface area contributed by atoms with Gasteiger partial charge in [-0.15, -0.1) is 0 Å². The van der Waals surface area contributed by atoms with E-state index in [-0.39, 0.29) is 29.8 Å². The number of alkyl halides is 3. The molecule has 1 spiro atoms. The Morgan fingerprint density at radius 3 is 2.50 bits per heavy atom. The van der Waals surface area contributed by atoms with Crippen LogP contribution in [0, 0.1) is 11.3 Å². The summed E-state index contributed by atoms with van der Waals surface area (Å²) in [6.45, 7) is 0.270. The minimum Gasteiger partial charge on any atom is -0.481 e. The van der Waals surface area contributed by atoms with Crippen molar-refractivity contribution in [2.75, 3.05) is 0 Å². The van der Waals surface area contributed by atoms with Gasteiger partial charge in [-0.2, -0.15) is 13.2 Å². The Labute approximate surface area is 181 Å². The van der Waals surface area contributed by atoms with Gasteiger partial charge in [-0.3, -0.25) is 9.59 Å². The lowest BCUT2D eigenvalue weighted by Gasteiger charge is -2.33. The predicted molar refractivity (Wildman–Crippen MR) is 109 cm³/mol. The highest BCUT2D eigenvalue weighted by Crippen LogP contribution is 2.63. The number of amides is 1. The van der Waals surface area contributed by atoms with Gasteiger partial charge in [0.05, 0.1) is 34.4 Å². The highest BCUT2D eigenvalue weighted by atomic mass is 19.4. The molecule has 0 bridgehead atoms. The van der Waals surface area contributed by atoms with Crippen LogP contribution < -0.4 is 5.32 Å². The lowest BCUT2D eigenvalue weighted by atomic mass is 9.71. The van der Waals surface area contributed by atoms with E-state index in [0.29, 0.717) is 35.0 Å². The fraction of sp³-hybridized carbons (Fsp3) is 0.348. The van der Waals surface area contributed by atoms with Crippen LogP contribution in [-0.2, 0) is 17.5 Å². The van der Waals surface area contributed by atoms with E-state index in [0.717, 1.165) is 18.6 Å². The molecule has 0 saturated heterocycles. The first-order chi connectivity index (χ1) is 15.2. The van der Waals surface area contributed by atoms with Crippen molar-refractivity contribution >= 4 is 22.9 Å². The van der Waals surface area contributed by atoms with Crippen LogP contribution in [0.5, 0.6) is 0 Å². The van der Waals surface area contributed by atoms with Gasteiger partial charge in [-0.1, -0.05) is 18.2 Å². The summed E-state index contributed by atoms with van der Waals surface area (Å²) in [6.07, 6.45) is -0.867. The average Bonchev–Trinajstić information content (AvgIpc) is 3.29. The molecule has 6 nitrogen and oxygen atoms in total. The second kappa shape index (κ2) is 7.08. The summed E-state index contributed by atoms with van der Waals surface area (Å²) in [4.78, 5) is 28.4. The number of hydrogen-bond acceptors (Lipinski definition) is 3. The van der Waals surface area contributed by atoms with Gasteiger partial charge in [0, 0.05) is 12.6 Å². The fourth-order valence-electron chi connectivity index (χ4n) is 4.76. The van der Waals surface area contributed by atoms with E-state index in [1.165, 1.54) is 12.1 Å². The molecule has 1 unspecified atom stereocenters. The molecule has 166 valence electrons. The normalized spacial score (nSPS) is 24.3. The Hall–Kier alpha value is -3.36. The molecule has 3 aromatic rings. The third-order valence-corrected chi connectivity index (χ3v) is 6.67. The zero-order chi connectivity index (χ0) is 22.7. The molecule has 2 N–H and O–H groups in total. The minimum absolute atomic E-state index is 0.0351. The molecule has 2 aliphatic rings. The van der Waals surface area contributed by atoms with Crippen molar-refractivity contribution in [2.45, 2.75) is 38.0 Å². The molecule has 32 heavy (non-hydrogen) atoms. The first kappa shape index (κ1) is 20.5. The average molecular weight is 443 g/mol. The number of carbonyl (C=O) groups is 2. The summed E-state index contributed by atoms with van der Waals surface area (Å²) in [5, 5.41) is 12.1. The summed E-state index contributed by atoms with van der Waals surface area (Å²) in [5.41, 5.74) is 1.51. The largest absolute Gasteiger partial charge is 0.481 e. The number of benzene rings is 2. The molecule has 1 atom stereocenters. The molecule has 0 aliphatic heterocycles. The number of hydrogen-bond donors (Lipinski definition) is 2. The number of carbonyl (C=O) groups excluding carboxylic acids is 1. The van der Waals surface area contributed by atoms with Gasteiger partial charge < -0.3 is 15.0 Å². The summed E-state index contributed by atoms with van der Waals surface area (Å²) in [5.74, 6) is -1.37. The van der Waals surface area contributed by atoms with Gasteiger partial charge in [-0.25, -0.2) is 4.98 Å². The van der Waals surface area contributed by atoms with Gasteiger partial charge in [0.1, 0.15) is 0 Å². The van der Waals surface area contributed by atoms with E-state index in [1.54, 1.807) is 29.1 Å². The van der Waals surface area contributed by atoms with E-state index in [1.807, 2.05) is 0 Å². The number of carboxylic acid groups (broad SMARTS) is 1. The Kier molecular flexibility index (Phi) is 4.54. The zero-order valence-corrected chi connectivity index (χ0v) is 16.9. The summed E-state index contributed by atoms with van der Waals surface area (Å²) >= 11 is 0. The predicted octanol–water partition coefficient (Wildman–Crippen LogP) is 4.09. The van der Waals surface area contributed by atoms with E-state index in [2.05, 4.69) is 10.3 Å². The number of aromatic nitrogens is 2. The molecule has 2 fully saturated rings. The highest BCUT2D eigenvalue weighted by molar-refractivity contribution is 6.05. The van der Waals surface area contributed by atoms with Gasteiger partial charge in [0.2, 0.25) is 0 Å². The lowest BCUT2D eigenvalue weighted by molar-refractivity contribution is -0.147. The minimum atomic E-state index is -4.39. The smallest absolute Gasteiger partial charge is 0.416 e. The molecule has 2 aromatic carbocycles. The number of aliphatic carboxylic acids is 1. The number of para-hydroxylation sites is 1. The Balaban J connectivity index is 1.34. The Bertz CT molecular complexity index is 1210. The van der Waals surface area contributed by atoms with Crippen molar-refractivity contribution in [3.05, 3.63) is 65.5 Å². The van der Waals surface area contributed by atoms with Crippen molar-refractivity contribution in [3.8, 4) is 0 Å². The second-order valence-electron chi connectivity index (χ2n) is 8.78. The molecular formula is C23H20F3N3O3. The zero-order valence-electron chi connectivity index (χ0n) is 16.9. The summed E-state index contributed by atoms with van der Waals surface area (Å²) in [7, 11) is 0. The van der Waals surface area contributed by atoms with Crippen LogP contribution in [0.15, 0.2) is 48.8 Å². The first-order valence-corrected chi connectivity index (χ1v) is 10.3. The molecule has 1 heterocycles. The van der Waals surface area contributed by atoms with Crippen LogP contribution in [0.3, 0.4) is 0 Å². The lowest BCUT2D eigenvalue weighted by Crippen LogP contribution is -2.39. The van der Waals surface area contributed by atoms with Gasteiger partial charge in [0.25, 0.3) is 5.91 Å². The van der Waals surface area contributed by atoms with Crippen molar-refractivity contribution in [1.82, 2.24) is 14.9 Å². The van der Waals surface area contributed by atoms with Gasteiger partial charge in [0.15, 0.2) is 0 Å². The molecular weight excluding hydrogens is 423 g/mol. The van der Waals surface area contributed by atoms with Crippen LogP contribution in [0.4, 0.5) is 13.2 Å². The molecule has 1 amide bonds. The third kappa shape index (κ3) is 3.51. The number of carboxylic acids is 1. The molecule has 0 radical (unpaired) electrons. The van der Waals surface area contributed by atoms with Crippen molar-refractivity contribution in [1.29, 1.82) is 0 Å². The number of nitrogens with zero attached hydrogens (tertiary/aromatic N) is 2. The maximum absolute atomic E-state index is 13.0. The van der Waals surface area contributed by atoms with E-state index < -0.39 is 17.7 Å². The maximum atomic E-state index is 13.0. The number of halogens is 3. The maximum Gasteiger partial charge on any atom is 0.416 e. The van der Waals surface area contributed by atoms with Crippen LogP contribution in [-0.4, -0.2) is 32.6 Å². The molecule has 2 saturated carbocycles. The highest BCUT2D eigenvalue weighted by Gasteiger charge is 2.63. The SMILES string of the molecule is O=C(NC1CC12CC(C(=O)O)C2)c1cccc2ncn(Cc3ccc(C(F)(F)F)cc3)c12. The van der Waals surface area contributed by atoms with Crippen molar-refractivity contribution < 1.29 is 27.9 Å². The number of rotatable bonds is 5. The number of fused-ring (bicyclic) bond motifs is 1. The fourth-order valence-corrected chi connectivity index (χ4v) is 4.76. The molecule has 1 aromatic heterocycles. The quantitative estimate of drug-likeness (QED) is 0.622. The topological polar surface area (TPSA) is 84.2 Å². The number of imidazole rings is 1. The van der Waals surface area contributed by atoms with Crippen LogP contribution in [0.25, 0.3) is 11.0 Å². The van der Waals surface area contributed by atoms with E-state index in [4.69, 9.17) is 5.11 Å². The number of nitrogens with one attached hydrogen (secondary N) is 1. The van der Waals surface area contributed by atoms with E-state index >= 15 is 0 Å². The van der Waals surface area contributed by atoms with Crippen LogP contribution in [0.2, 0.25) is 0 Å². The molecule has 2 aliphatic carbocycles. The van der Waals surface area contributed by atoms with Gasteiger partial charge >= 0.3 is 12.1 Å². The summed E-state index contributed by atoms with van der Waals surface area (Å²) in [6, 6.07) is 10.1. The first-order valence-electron chi connectivity index (χ1n) is 10.3. The van der Waals surface area contributed by atoms with Gasteiger partial charge in [-0.05, 0) is 54.5 Å². The monoisotopic (exact) mass is 443 g/mol. The summed E-state index contributed by atoms with van der Waals surface area (Å²) < 4.78 is 40.2.